The Hall–Kier alpha value is -0.870. The van der Waals surface area contributed by atoms with Gasteiger partial charge in [-0.2, -0.15) is 0 Å². The fraction of sp³-hybridized carbons (Fsp3) is 0.688. The number of hydrogen-bond acceptors (Lipinski definition) is 3. The molecule has 4 heteroatoms. The van der Waals surface area contributed by atoms with Crippen molar-refractivity contribution in [2.24, 2.45) is 5.92 Å². The summed E-state index contributed by atoms with van der Waals surface area (Å²) in [5, 5.41) is 11.8. The van der Waals surface area contributed by atoms with Crippen molar-refractivity contribution < 1.29 is 9.90 Å². The van der Waals surface area contributed by atoms with Crippen molar-refractivity contribution in [3.63, 3.8) is 0 Å². The van der Waals surface area contributed by atoms with Gasteiger partial charge >= 0.3 is 0 Å². The third-order valence-electron chi connectivity index (χ3n) is 4.16. The summed E-state index contributed by atoms with van der Waals surface area (Å²) in [6.45, 7) is 4.43. The number of aliphatic hydroxyl groups is 1. The van der Waals surface area contributed by atoms with Crippen molar-refractivity contribution in [3.8, 4) is 0 Å². The topological polar surface area (TPSA) is 49.3 Å². The second-order valence-electron chi connectivity index (χ2n) is 5.82. The highest BCUT2D eigenvalue weighted by atomic mass is 32.1. The van der Waals surface area contributed by atoms with Gasteiger partial charge in [0.2, 0.25) is 0 Å². The van der Waals surface area contributed by atoms with Gasteiger partial charge in [0.05, 0.1) is 4.88 Å². The molecule has 1 aromatic rings. The van der Waals surface area contributed by atoms with Crippen molar-refractivity contribution >= 4 is 17.2 Å². The molecular weight excluding hydrogens is 270 g/mol. The lowest BCUT2D eigenvalue weighted by molar-refractivity contribution is 0.0940. The van der Waals surface area contributed by atoms with E-state index in [0.29, 0.717) is 0 Å². The van der Waals surface area contributed by atoms with E-state index < -0.39 is 0 Å². The molecule has 0 saturated heterocycles. The molecule has 20 heavy (non-hydrogen) atoms. The van der Waals surface area contributed by atoms with Gasteiger partial charge in [0.25, 0.3) is 5.91 Å². The van der Waals surface area contributed by atoms with Gasteiger partial charge in [-0.25, -0.2) is 0 Å². The van der Waals surface area contributed by atoms with E-state index in [2.05, 4.69) is 18.3 Å². The Bertz CT molecular complexity index is 455. The van der Waals surface area contributed by atoms with E-state index in [4.69, 9.17) is 5.11 Å². The number of rotatable bonds is 6. The highest BCUT2D eigenvalue weighted by Crippen LogP contribution is 2.33. The lowest BCUT2D eigenvalue weighted by Gasteiger charge is -2.19. The van der Waals surface area contributed by atoms with Crippen LogP contribution < -0.4 is 5.32 Å². The number of nitrogens with one attached hydrogen (secondary N) is 1. The molecule has 0 saturated carbocycles. The number of carbonyl (C=O) groups excluding carboxylic acids is 1. The van der Waals surface area contributed by atoms with Gasteiger partial charge in [-0.05, 0) is 56.6 Å². The van der Waals surface area contributed by atoms with Crippen LogP contribution in [0.1, 0.15) is 59.6 Å². The van der Waals surface area contributed by atoms with Crippen molar-refractivity contribution in [2.75, 3.05) is 6.61 Å². The number of hydrogen-bond donors (Lipinski definition) is 2. The first-order valence-corrected chi connectivity index (χ1v) is 8.49. The van der Waals surface area contributed by atoms with E-state index in [0.717, 1.165) is 36.5 Å². The number of fused-ring (bicyclic) bond motifs is 1. The lowest BCUT2D eigenvalue weighted by atomic mass is 9.87. The normalized spacial score (nSPS) is 19.4. The van der Waals surface area contributed by atoms with Gasteiger partial charge in [-0.15, -0.1) is 11.3 Å². The zero-order valence-electron chi connectivity index (χ0n) is 12.4. The van der Waals surface area contributed by atoms with Crippen LogP contribution in [0.3, 0.4) is 0 Å². The van der Waals surface area contributed by atoms with E-state index >= 15 is 0 Å². The molecule has 0 aliphatic heterocycles. The van der Waals surface area contributed by atoms with E-state index in [1.165, 1.54) is 23.3 Å². The summed E-state index contributed by atoms with van der Waals surface area (Å²) >= 11 is 1.66. The standard InChI is InChI=1S/C16H25NO2S/c1-3-12-6-7-14-13(9-12)10-15(20-14)16(19)17-11(2)5-4-8-18/h10-12,18H,3-9H2,1-2H3,(H,17,19). The first-order chi connectivity index (χ1) is 9.63. The minimum absolute atomic E-state index is 0.0443. The molecule has 0 fully saturated rings. The zero-order valence-corrected chi connectivity index (χ0v) is 13.3. The smallest absolute Gasteiger partial charge is 0.261 e. The third-order valence-corrected chi connectivity index (χ3v) is 5.39. The van der Waals surface area contributed by atoms with Crippen molar-refractivity contribution in [3.05, 3.63) is 21.4 Å². The molecule has 0 radical (unpaired) electrons. The second kappa shape index (κ2) is 7.23. The van der Waals surface area contributed by atoms with E-state index in [9.17, 15) is 4.79 Å². The molecule has 0 spiro atoms. The maximum Gasteiger partial charge on any atom is 0.261 e. The van der Waals surface area contributed by atoms with Crippen LogP contribution in [-0.4, -0.2) is 23.7 Å². The molecule has 3 nitrogen and oxygen atoms in total. The minimum Gasteiger partial charge on any atom is -0.396 e. The van der Waals surface area contributed by atoms with Crippen molar-refractivity contribution in [1.82, 2.24) is 5.32 Å². The van der Waals surface area contributed by atoms with Crippen LogP contribution in [0.25, 0.3) is 0 Å². The molecular formula is C16H25NO2S. The van der Waals surface area contributed by atoms with Crippen LogP contribution in [0.2, 0.25) is 0 Å². The predicted octanol–water partition coefficient (Wildman–Crippen LogP) is 3.15. The molecule has 2 unspecified atom stereocenters. The molecule has 0 aromatic carbocycles. The average molecular weight is 295 g/mol. The fourth-order valence-electron chi connectivity index (χ4n) is 2.82. The number of carbonyl (C=O) groups is 1. The summed E-state index contributed by atoms with van der Waals surface area (Å²) in [5.74, 6) is 0.833. The number of aryl methyl sites for hydroxylation is 1. The van der Waals surface area contributed by atoms with Gasteiger partial charge in [0.1, 0.15) is 0 Å². The van der Waals surface area contributed by atoms with E-state index in [1.54, 1.807) is 11.3 Å². The van der Waals surface area contributed by atoms with Gasteiger partial charge in [0, 0.05) is 17.5 Å². The number of aliphatic hydroxyl groups excluding tert-OH is 1. The van der Waals surface area contributed by atoms with Crippen LogP contribution in [0, 0.1) is 5.92 Å². The highest BCUT2D eigenvalue weighted by Gasteiger charge is 2.22. The molecule has 2 N–H and O–H groups in total. The fourth-order valence-corrected chi connectivity index (χ4v) is 3.94. The minimum atomic E-state index is 0.0443. The Kier molecular flexibility index (Phi) is 5.61. The molecule has 0 bridgehead atoms. The Morgan fingerprint density at radius 1 is 1.60 bits per heavy atom. The summed E-state index contributed by atoms with van der Waals surface area (Å²) < 4.78 is 0. The predicted molar refractivity (Wildman–Crippen MR) is 83.4 cm³/mol. The highest BCUT2D eigenvalue weighted by molar-refractivity contribution is 7.14. The van der Waals surface area contributed by atoms with Crippen LogP contribution in [0.5, 0.6) is 0 Å². The third kappa shape index (κ3) is 3.83. The summed E-state index contributed by atoms with van der Waals surface area (Å²) in [5.41, 5.74) is 1.39. The van der Waals surface area contributed by atoms with E-state index in [1.807, 2.05) is 6.92 Å². The average Bonchev–Trinajstić information content (AvgIpc) is 2.87. The Morgan fingerprint density at radius 3 is 3.10 bits per heavy atom. The summed E-state index contributed by atoms with van der Waals surface area (Å²) in [4.78, 5) is 14.5. The maximum atomic E-state index is 12.2. The Balaban J connectivity index is 1.96. The van der Waals surface area contributed by atoms with Crippen molar-refractivity contribution in [1.29, 1.82) is 0 Å². The molecule has 1 aliphatic carbocycles. The molecule has 2 atom stereocenters. The molecule has 1 aliphatic rings. The monoisotopic (exact) mass is 295 g/mol. The number of thiophene rings is 1. The SMILES string of the molecule is CCC1CCc2sc(C(=O)NC(C)CCCO)cc2C1. The maximum absolute atomic E-state index is 12.2. The Labute approximate surface area is 125 Å². The van der Waals surface area contributed by atoms with Gasteiger partial charge in [-0.1, -0.05) is 13.3 Å². The Morgan fingerprint density at radius 2 is 2.40 bits per heavy atom. The molecule has 1 heterocycles. The molecule has 1 amide bonds. The molecule has 2 rings (SSSR count). The first-order valence-electron chi connectivity index (χ1n) is 7.67. The van der Waals surface area contributed by atoms with Crippen LogP contribution >= 0.6 is 11.3 Å². The lowest BCUT2D eigenvalue weighted by Crippen LogP contribution is -2.32. The van der Waals surface area contributed by atoms with Gasteiger partial charge < -0.3 is 10.4 Å². The van der Waals surface area contributed by atoms with Crippen LogP contribution in [0.15, 0.2) is 6.07 Å². The van der Waals surface area contributed by atoms with Crippen LogP contribution in [0.4, 0.5) is 0 Å². The molecule has 1 aromatic heterocycles. The first kappa shape index (κ1) is 15.5. The van der Waals surface area contributed by atoms with Crippen LogP contribution in [-0.2, 0) is 12.8 Å². The zero-order chi connectivity index (χ0) is 14.5. The van der Waals surface area contributed by atoms with Crippen molar-refractivity contribution in [2.45, 2.75) is 58.4 Å². The largest absolute Gasteiger partial charge is 0.396 e. The summed E-state index contributed by atoms with van der Waals surface area (Å²) in [6, 6.07) is 2.22. The van der Waals surface area contributed by atoms with Gasteiger partial charge in [-0.3, -0.25) is 4.79 Å². The molecule has 112 valence electrons. The number of amides is 1. The summed E-state index contributed by atoms with van der Waals surface area (Å²) in [7, 11) is 0. The summed E-state index contributed by atoms with van der Waals surface area (Å²) in [6.07, 6.45) is 6.32. The van der Waals surface area contributed by atoms with E-state index in [-0.39, 0.29) is 18.6 Å². The van der Waals surface area contributed by atoms with Gasteiger partial charge in [0.15, 0.2) is 0 Å². The quantitative estimate of drug-likeness (QED) is 0.847. The second-order valence-corrected chi connectivity index (χ2v) is 6.95.